The molecule has 0 saturated carbocycles. The highest BCUT2D eigenvalue weighted by atomic mass is 79.9. The molecule has 1 fully saturated rings. The van der Waals surface area contributed by atoms with Gasteiger partial charge in [0.1, 0.15) is 0 Å². The SMILES string of the molecule is C[N+]1(C)CCC(O)CC1.[Br-]. The molecular formula is C7H16BrNO. The molecular weight excluding hydrogens is 194 g/mol. The van der Waals surface area contributed by atoms with Crippen LogP contribution in [0.3, 0.4) is 0 Å². The van der Waals surface area contributed by atoms with Crippen LogP contribution in [0.4, 0.5) is 0 Å². The Kier molecular flexibility index (Phi) is 3.84. The van der Waals surface area contributed by atoms with Crippen molar-refractivity contribution in [1.82, 2.24) is 0 Å². The van der Waals surface area contributed by atoms with Crippen molar-refractivity contribution in [2.75, 3.05) is 27.2 Å². The molecule has 2 nitrogen and oxygen atoms in total. The maximum atomic E-state index is 9.13. The molecule has 1 N–H and O–H groups in total. The van der Waals surface area contributed by atoms with Crippen molar-refractivity contribution in [3.05, 3.63) is 0 Å². The summed E-state index contributed by atoms with van der Waals surface area (Å²) < 4.78 is 1.08. The molecule has 10 heavy (non-hydrogen) atoms. The van der Waals surface area contributed by atoms with Crippen LogP contribution in [0.1, 0.15) is 12.8 Å². The van der Waals surface area contributed by atoms with Crippen molar-refractivity contribution < 1.29 is 26.6 Å². The van der Waals surface area contributed by atoms with Gasteiger partial charge in [-0.3, -0.25) is 0 Å². The number of aliphatic hydroxyl groups is 1. The second kappa shape index (κ2) is 3.69. The highest BCUT2D eigenvalue weighted by Crippen LogP contribution is 2.13. The molecule has 0 aliphatic carbocycles. The molecule has 1 heterocycles. The quantitative estimate of drug-likeness (QED) is 0.429. The van der Waals surface area contributed by atoms with E-state index < -0.39 is 0 Å². The minimum absolute atomic E-state index is 0. The van der Waals surface area contributed by atoms with Crippen LogP contribution in [-0.4, -0.2) is 42.9 Å². The lowest BCUT2D eigenvalue weighted by molar-refractivity contribution is -0.896. The summed E-state index contributed by atoms with van der Waals surface area (Å²) in [6, 6.07) is 0. The number of likely N-dealkylation sites (tertiary alicyclic amines) is 1. The van der Waals surface area contributed by atoms with Crippen LogP contribution in [0.2, 0.25) is 0 Å². The first-order chi connectivity index (χ1) is 4.10. The summed E-state index contributed by atoms with van der Waals surface area (Å²) in [6.07, 6.45) is 1.94. The molecule has 0 spiro atoms. The van der Waals surface area contributed by atoms with Gasteiger partial charge in [0, 0.05) is 12.8 Å². The molecule has 0 amide bonds. The van der Waals surface area contributed by atoms with Crippen LogP contribution in [0.5, 0.6) is 0 Å². The zero-order valence-electron chi connectivity index (χ0n) is 6.68. The van der Waals surface area contributed by atoms with Gasteiger partial charge in [-0.05, 0) is 0 Å². The summed E-state index contributed by atoms with van der Waals surface area (Å²) >= 11 is 0. The topological polar surface area (TPSA) is 20.2 Å². The lowest BCUT2D eigenvalue weighted by atomic mass is 10.1. The van der Waals surface area contributed by atoms with Gasteiger partial charge in [-0.1, -0.05) is 0 Å². The first-order valence-electron chi connectivity index (χ1n) is 3.60. The van der Waals surface area contributed by atoms with Gasteiger partial charge in [0.25, 0.3) is 0 Å². The normalized spacial score (nSPS) is 25.5. The molecule has 3 heteroatoms. The molecule has 0 aromatic carbocycles. The van der Waals surface area contributed by atoms with E-state index in [1.807, 2.05) is 0 Å². The van der Waals surface area contributed by atoms with Crippen molar-refractivity contribution in [3.8, 4) is 0 Å². The summed E-state index contributed by atoms with van der Waals surface area (Å²) in [5.41, 5.74) is 0. The fourth-order valence-corrected chi connectivity index (χ4v) is 1.25. The molecule has 0 aromatic heterocycles. The van der Waals surface area contributed by atoms with Crippen molar-refractivity contribution in [2.45, 2.75) is 18.9 Å². The minimum Gasteiger partial charge on any atom is -1.00 e. The van der Waals surface area contributed by atoms with Crippen LogP contribution in [0, 0.1) is 0 Å². The Bertz CT molecular complexity index is 95.8. The van der Waals surface area contributed by atoms with Crippen LogP contribution in [0.25, 0.3) is 0 Å². The van der Waals surface area contributed by atoms with Crippen LogP contribution >= 0.6 is 0 Å². The summed E-state index contributed by atoms with van der Waals surface area (Å²) in [5, 5.41) is 9.13. The standard InChI is InChI=1S/C7H16NO.BrH/c1-8(2)5-3-7(9)4-6-8;/h7,9H,3-6H2,1-2H3;1H/q+1;/p-1. The maximum Gasteiger partial charge on any atom is 0.0807 e. The number of hydrogen-bond donors (Lipinski definition) is 1. The minimum atomic E-state index is -0.0175. The van der Waals surface area contributed by atoms with E-state index in [1.54, 1.807) is 0 Å². The van der Waals surface area contributed by atoms with E-state index in [2.05, 4.69) is 14.1 Å². The van der Waals surface area contributed by atoms with E-state index in [0.717, 1.165) is 30.4 Å². The smallest absolute Gasteiger partial charge is 0.0807 e. The van der Waals surface area contributed by atoms with E-state index >= 15 is 0 Å². The summed E-state index contributed by atoms with van der Waals surface area (Å²) in [7, 11) is 4.43. The number of hydrogen-bond acceptors (Lipinski definition) is 1. The fraction of sp³-hybridized carbons (Fsp3) is 1.00. The second-order valence-corrected chi connectivity index (χ2v) is 3.61. The Morgan fingerprint density at radius 1 is 1.20 bits per heavy atom. The third-order valence-electron chi connectivity index (χ3n) is 2.14. The van der Waals surface area contributed by atoms with Crippen LogP contribution in [0.15, 0.2) is 0 Å². The summed E-state index contributed by atoms with van der Waals surface area (Å²) in [5.74, 6) is 0. The Balaban J connectivity index is 0.000000810. The maximum absolute atomic E-state index is 9.13. The Morgan fingerprint density at radius 3 is 1.90 bits per heavy atom. The van der Waals surface area contributed by atoms with Crippen molar-refractivity contribution in [3.63, 3.8) is 0 Å². The third kappa shape index (κ3) is 2.99. The fourth-order valence-electron chi connectivity index (χ4n) is 1.25. The number of piperidine rings is 1. The van der Waals surface area contributed by atoms with E-state index in [4.69, 9.17) is 5.11 Å². The lowest BCUT2D eigenvalue weighted by Gasteiger charge is -2.35. The monoisotopic (exact) mass is 209 g/mol. The van der Waals surface area contributed by atoms with Crippen molar-refractivity contribution in [1.29, 1.82) is 0 Å². The highest BCUT2D eigenvalue weighted by molar-refractivity contribution is 4.59. The van der Waals surface area contributed by atoms with Gasteiger partial charge in [0.2, 0.25) is 0 Å². The summed E-state index contributed by atoms with van der Waals surface area (Å²) in [6.45, 7) is 2.25. The first-order valence-corrected chi connectivity index (χ1v) is 3.60. The molecule has 0 atom stereocenters. The molecule has 0 unspecified atom stereocenters. The van der Waals surface area contributed by atoms with Gasteiger partial charge in [0.05, 0.1) is 33.3 Å². The van der Waals surface area contributed by atoms with Gasteiger partial charge in [-0.25, -0.2) is 0 Å². The van der Waals surface area contributed by atoms with Crippen LogP contribution in [-0.2, 0) is 0 Å². The van der Waals surface area contributed by atoms with E-state index in [9.17, 15) is 0 Å². The van der Waals surface area contributed by atoms with Crippen LogP contribution < -0.4 is 17.0 Å². The molecule has 0 radical (unpaired) electrons. The molecule has 1 aliphatic heterocycles. The predicted molar refractivity (Wildman–Crippen MR) is 37.1 cm³/mol. The van der Waals surface area contributed by atoms with Gasteiger partial charge >= 0.3 is 0 Å². The Labute approximate surface area is 73.2 Å². The average molecular weight is 210 g/mol. The molecule has 1 rings (SSSR count). The Hall–Kier alpha value is 0.400. The molecule has 62 valence electrons. The van der Waals surface area contributed by atoms with E-state index in [0.29, 0.717) is 0 Å². The van der Waals surface area contributed by atoms with E-state index in [-0.39, 0.29) is 23.1 Å². The van der Waals surface area contributed by atoms with Crippen molar-refractivity contribution >= 4 is 0 Å². The highest BCUT2D eigenvalue weighted by Gasteiger charge is 2.23. The predicted octanol–water partition coefficient (Wildman–Crippen LogP) is -2.78. The molecule has 1 saturated heterocycles. The summed E-state index contributed by atoms with van der Waals surface area (Å²) in [4.78, 5) is 0. The second-order valence-electron chi connectivity index (χ2n) is 3.61. The first kappa shape index (κ1) is 10.4. The van der Waals surface area contributed by atoms with Gasteiger partial charge in [-0.15, -0.1) is 0 Å². The third-order valence-corrected chi connectivity index (χ3v) is 2.14. The largest absolute Gasteiger partial charge is 1.00 e. The zero-order chi connectivity index (χ0) is 6.91. The molecule has 0 bridgehead atoms. The lowest BCUT2D eigenvalue weighted by Crippen LogP contribution is -3.00. The number of quaternary nitrogens is 1. The van der Waals surface area contributed by atoms with Gasteiger partial charge in [-0.2, -0.15) is 0 Å². The average Bonchev–Trinajstić information content (AvgIpc) is 1.78. The number of nitrogens with zero attached hydrogens (tertiary/aromatic N) is 1. The van der Waals surface area contributed by atoms with Crippen molar-refractivity contribution in [2.24, 2.45) is 0 Å². The number of halogens is 1. The van der Waals surface area contributed by atoms with Gasteiger partial charge < -0.3 is 26.6 Å². The number of aliphatic hydroxyl groups excluding tert-OH is 1. The zero-order valence-corrected chi connectivity index (χ0v) is 8.26. The Morgan fingerprint density at radius 2 is 1.60 bits per heavy atom. The molecule has 0 aromatic rings. The molecule has 1 aliphatic rings. The van der Waals surface area contributed by atoms with Gasteiger partial charge in [0.15, 0.2) is 0 Å². The van der Waals surface area contributed by atoms with E-state index in [1.165, 1.54) is 0 Å². The number of rotatable bonds is 0.